The Morgan fingerprint density at radius 1 is 1.05 bits per heavy atom. The van der Waals surface area contributed by atoms with E-state index in [0.717, 1.165) is 17.3 Å². The summed E-state index contributed by atoms with van der Waals surface area (Å²) in [5, 5.41) is 8.50. The molecule has 0 aliphatic rings. The lowest BCUT2D eigenvalue weighted by molar-refractivity contribution is -0.136. The lowest BCUT2D eigenvalue weighted by atomic mass is 10.1. The van der Waals surface area contributed by atoms with E-state index < -0.39 is 22.9 Å². The molecule has 0 aliphatic heterocycles. The third kappa shape index (κ3) is 4.29. The van der Waals surface area contributed by atoms with Crippen LogP contribution in [0.15, 0.2) is 48.5 Å². The Morgan fingerprint density at radius 3 is 2.24 bits per heavy atom. The van der Waals surface area contributed by atoms with Gasteiger partial charge >= 0.3 is 5.97 Å². The van der Waals surface area contributed by atoms with Crippen LogP contribution in [0.25, 0.3) is 0 Å². The fourth-order valence-corrected chi connectivity index (χ4v) is 3.00. The van der Waals surface area contributed by atoms with E-state index in [4.69, 9.17) is 0 Å². The zero-order chi connectivity index (χ0) is 15.2. The number of carbonyl (C=O) groups is 1. The second kappa shape index (κ2) is 7.22. The first kappa shape index (κ1) is 15.5. The Bertz CT molecular complexity index is 597. The lowest BCUT2D eigenvalue weighted by Crippen LogP contribution is -2.19. The molecule has 0 heterocycles. The highest BCUT2D eigenvalue weighted by Crippen LogP contribution is 2.24. The highest BCUT2D eigenvalue weighted by molar-refractivity contribution is 7.99. The maximum atomic E-state index is 13.5. The van der Waals surface area contributed by atoms with E-state index in [0.29, 0.717) is 6.42 Å². The first-order valence-electron chi connectivity index (χ1n) is 6.39. The Kier molecular flexibility index (Phi) is 5.33. The Morgan fingerprint density at radius 2 is 1.67 bits per heavy atom. The van der Waals surface area contributed by atoms with Crippen molar-refractivity contribution in [2.75, 3.05) is 0 Å². The van der Waals surface area contributed by atoms with Gasteiger partial charge in [0, 0.05) is 11.3 Å². The first-order chi connectivity index (χ1) is 10.1. The smallest absolute Gasteiger partial charge is 0.316 e. The number of benzene rings is 2. The van der Waals surface area contributed by atoms with Gasteiger partial charge in [0.25, 0.3) is 0 Å². The van der Waals surface area contributed by atoms with Crippen LogP contribution in [0.2, 0.25) is 0 Å². The third-order valence-electron chi connectivity index (χ3n) is 3.03. The summed E-state index contributed by atoms with van der Waals surface area (Å²) >= 11 is 1.03. The topological polar surface area (TPSA) is 37.3 Å². The molecule has 0 radical (unpaired) electrons. The molecule has 0 amide bonds. The van der Waals surface area contributed by atoms with Crippen LogP contribution in [0.3, 0.4) is 0 Å². The number of thioether (sulfide) groups is 1. The summed E-state index contributed by atoms with van der Waals surface area (Å²) < 4.78 is 27.1. The summed E-state index contributed by atoms with van der Waals surface area (Å²) in [7, 11) is 0. The van der Waals surface area contributed by atoms with Crippen molar-refractivity contribution < 1.29 is 18.7 Å². The number of hydrogen-bond acceptors (Lipinski definition) is 2. The summed E-state index contributed by atoms with van der Waals surface area (Å²) in [5.74, 6) is -2.29. The second-order valence-corrected chi connectivity index (χ2v) is 5.72. The van der Waals surface area contributed by atoms with E-state index in [9.17, 15) is 18.7 Å². The normalized spacial score (nSPS) is 12.1. The molecule has 0 spiro atoms. The van der Waals surface area contributed by atoms with Crippen molar-refractivity contribution in [3.05, 3.63) is 71.3 Å². The van der Waals surface area contributed by atoms with Crippen molar-refractivity contribution in [2.45, 2.75) is 17.4 Å². The summed E-state index contributed by atoms with van der Waals surface area (Å²) in [4.78, 5) is 11.3. The van der Waals surface area contributed by atoms with Crippen molar-refractivity contribution in [3.63, 3.8) is 0 Å². The first-order valence-corrected chi connectivity index (χ1v) is 7.44. The monoisotopic (exact) mass is 308 g/mol. The number of rotatable bonds is 6. The molecule has 1 atom stereocenters. The maximum Gasteiger partial charge on any atom is 0.316 e. The molecule has 2 aromatic rings. The highest BCUT2D eigenvalue weighted by Gasteiger charge is 2.20. The summed E-state index contributed by atoms with van der Waals surface area (Å²) in [5.41, 5.74) is 0.799. The Balaban J connectivity index is 2.06. The van der Waals surface area contributed by atoms with Crippen molar-refractivity contribution in [3.8, 4) is 0 Å². The van der Waals surface area contributed by atoms with E-state index in [1.54, 1.807) is 0 Å². The largest absolute Gasteiger partial charge is 0.480 e. The van der Waals surface area contributed by atoms with E-state index in [2.05, 4.69) is 0 Å². The SMILES string of the molecule is O=C(O)C(Cc1ccccc1)SCc1c(F)cccc1F. The number of halogens is 2. The zero-order valence-corrected chi connectivity index (χ0v) is 11.9. The minimum absolute atomic E-state index is 0.0116. The molecule has 2 nitrogen and oxygen atoms in total. The van der Waals surface area contributed by atoms with Crippen LogP contribution < -0.4 is 0 Å². The molecule has 5 heteroatoms. The van der Waals surface area contributed by atoms with Crippen LogP contribution in [-0.4, -0.2) is 16.3 Å². The van der Waals surface area contributed by atoms with Gasteiger partial charge in [0.15, 0.2) is 0 Å². The van der Waals surface area contributed by atoms with Crippen molar-refractivity contribution in [2.24, 2.45) is 0 Å². The van der Waals surface area contributed by atoms with Crippen LogP contribution in [0.5, 0.6) is 0 Å². The average molecular weight is 308 g/mol. The molecule has 21 heavy (non-hydrogen) atoms. The molecule has 0 aliphatic carbocycles. The van der Waals surface area contributed by atoms with E-state index >= 15 is 0 Å². The minimum Gasteiger partial charge on any atom is -0.480 e. The lowest BCUT2D eigenvalue weighted by Gasteiger charge is -2.13. The predicted molar refractivity (Wildman–Crippen MR) is 79.2 cm³/mol. The van der Waals surface area contributed by atoms with Gasteiger partial charge in [-0.05, 0) is 24.1 Å². The number of aliphatic carboxylic acids is 1. The van der Waals surface area contributed by atoms with Crippen LogP contribution in [0.1, 0.15) is 11.1 Å². The van der Waals surface area contributed by atoms with E-state index in [-0.39, 0.29) is 11.3 Å². The molecule has 0 aromatic heterocycles. The minimum atomic E-state index is -0.986. The summed E-state index contributed by atoms with van der Waals surface area (Å²) in [6, 6.07) is 12.8. The number of carboxylic acid groups (broad SMARTS) is 1. The second-order valence-electron chi connectivity index (χ2n) is 4.53. The quantitative estimate of drug-likeness (QED) is 0.879. The molecule has 0 fully saturated rings. The van der Waals surface area contributed by atoms with Crippen LogP contribution in [0.4, 0.5) is 8.78 Å². The van der Waals surface area contributed by atoms with Gasteiger partial charge in [0.1, 0.15) is 16.9 Å². The third-order valence-corrected chi connectivity index (χ3v) is 4.26. The Labute approximate surface area is 125 Å². The van der Waals surface area contributed by atoms with E-state index in [1.165, 1.54) is 18.2 Å². The van der Waals surface area contributed by atoms with Gasteiger partial charge < -0.3 is 5.11 Å². The molecule has 2 aromatic carbocycles. The molecular weight excluding hydrogens is 294 g/mol. The van der Waals surface area contributed by atoms with Gasteiger partial charge in [-0.2, -0.15) is 0 Å². The van der Waals surface area contributed by atoms with E-state index in [1.807, 2.05) is 30.3 Å². The van der Waals surface area contributed by atoms with Gasteiger partial charge in [0.2, 0.25) is 0 Å². The van der Waals surface area contributed by atoms with Crippen molar-refractivity contribution >= 4 is 17.7 Å². The predicted octanol–water partition coefficient (Wildman–Crippen LogP) is 3.89. The maximum absolute atomic E-state index is 13.5. The molecule has 1 unspecified atom stereocenters. The van der Waals surface area contributed by atoms with Crippen LogP contribution in [0, 0.1) is 11.6 Å². The summed E-state index contributed by atoms with van der Waals surface area (Å²) in [6.45, 7) is 0. The molecule has 1 N–H and O–H groups in total. The van der Waals surface area contributed by atoms with Gasteiger partial charge in [0.05, 0.1) is 0 Å². The molecule has 110 valence electrons. The summed E-state index contributed by atoms with van der Waals surface area (Å²) in [6.07, 6.45) is 0.316. The van der Waals surface area contributed by atoms with Crippen molar-refractivity contribution in [1.82, 2.24) is 0 Å². The molecular formula is C16H14F2O2S. The van der Waals surface area contributed by atoms with Gasteiger partial charge in [-0.1, -0.05) is 36.4 Å². The molecule has 2 rings (SSSR count). The van der Waals surface area contributed by atoms with Gasteiger partial charge in [-0.15, -0.1) is 11.8 Å². The fraction of sp³-hybridized carbons (Fsp3) is 0.188. The van der Waals surface area contributed by atoms with Crippen molar-refractivity contribution in [1.29, 1.82) is 0 Å². The van der Waals surface area contributed by atoms with Gasteiger partial charge in [-0.25, -0.2) is 8.78 Å². The zero-order valence-electron chi connectivity index (χ0n) is 11.1. The van der Waals surface area contributed by atoms with Gasteiger partial charge in [-0.3, -0.25) is 4.79 Å². The number of hydrogen-bond donors (Lipinski definition) is 1. The highest BCUT2D eigenvalue weighted by atomic mass is 32.2. The van der Waals surface area contributed by atoms with Crippen LogP contribution in [-0.2, 0) is 17.0 Å². The average Bonchev–Trinajstić information content (AvgIpc) is 2.46. The molecule has 0 bridgehead atoms. The fourth-order valence-electron chi connectivity index (χ4n) is 1.90. The standard InChI is InChI=1S/C16H14F2O2S/c17-13-7-4-8-14(18)12(13)10-21-15(16(19)20)9-11-5-2-1-3-6-11/h1-8,15H,9-10H2,(H,19,20). The molecule has 0 saturated heterocycles. The van der Waals surface area contributed by atoms with Crippen LogP contribution >= 0.6 is 11.8 Å². The Hall–Kier alpha value is -1.88. The molecule has 0 saturated carbocycles. The number of carboxylic acids is 1.